The predicted octanol–water partition coefficient (Wildman–Crippen LogP) is 7.56. The van der Waals surface area contributed by atoms with Crippen molar-refractivity contribution in [1.82, 2.24) is 4.98 Å². The third-order valence-corrected chi connectivity index (χ3v) is 6.22. The monoisotopic (exact) mass is 375 g/mol. The van der Waals surface area contributed by atoms with Gasteiger partial charge in [-0.25, -0.2) is 4.98 Å². The Morgan fingerprint density at radius 1 is 0.920 bits per heavy atom. The van der Waals surface area contributed by atoms with E-state index in [0.717, 1.165) is 0 Å². The van der Waals surface area contributed by atoms with Crippen molar-refractivity contribution in [3.63, 3.8) is 0 Å². The highest BCUT2D eigenvalue weighted by Gasteiger charge is 2.24. The molecule has 0 bridgehead atoms. The number of nitrogens with zero attached hydrogens (tertiary/aromatic N) is 1. The first-order chi connectivity index (χ1) is 12.2. The number of rotatable bonds is 6. The molecule has 1 aliphatic rings. The van der Waals surface area contributed by atoms with Gasteiger partial charge < -0.3 is 0 Å². The van der Waals surface area contributed by atoms with Crippen molar-refractivity contribution in [3.05, 3.63) is 63.4 Å². The largest absolute Gasteiger partial charge is 0.243 e. The van der Waals surface area contributed by atoms with Gasteiger partial charge in [0.25, 0.3) is 0 Å². The van der Waals surface area contributed by atoms with Crippen molar-refractivity contribution in [2.24, 2.45) is 0 Å². The van der Waals surface area contributed by atoms with Gasteiger partial charge in [0.05, 0.1) is 5.02 Å². The van der Waals surface area contributed by atoms with Crippen LogP contribution in [0, 0.1) is 0 Å². The minimum atomic E-state index is 0.401. The quantitative estimate of drug-likeness (QED) is 0.374. The Morgan fingerprint density at radius 2 is 1.56 bits per heavy atom. The van der Waals surface area contributed by atoms with E-state index in [2.05, 4.69) is 36.2 Å². The molecule has 3 heteroatoms. The lowest BCUT2D eigenvalue weighted by Gasteiger charge is -2.29. The number of hydrogen-bond acceptors (Lipinski definition) is 1. The maximum absolute atomic E-state index is 6.12. The van der Waals surface area contributed by atoms with Crippen LogP contribution in [0.5, 0.6) is 0 Å². The summed E-state index contributed by atoms with van der Waals surface area (Å²) in [6, 6.07) is 11.4. The summed E-state index contributed by atoms with van der Waals surface area (Å²) < 4.78 is 0. The lowest BCUT2D eigenvalue weighted by Crippen LogP contribution is -2.12. The summed E-state index contributed by atoms with van der Waals surface area (Å²) >= 11 is 12.1. The van der Waals surface area contributed by atoms with Gasteiger partial charge in [0.2, 0.25) is 0 Å². The Morgan fingerprint density at radius 3 is 2.16 bits per heavy atom. The maximum atomic E-state index is 6.12. The van der Waals surface area contributed by atoms with Crippen LogP contribution in [0.15, 0.2) is 36.5 Å². The number of aromatic nitrogens is 1. The summed E-state index contributed by atoms with van der Waals surface area (Å²) in [5.41, 5.74) is 4.22. The molecule has 25 heavy (non-hydrogen) atoms. The fourth-order valence-corrected chi connectivity index (χ4v) is 4.23. The molecule has 0 radical (unpaired) electrons. The molecule has 2 aromatic rings. The SMILES string of the molecule is CCCCCc1ccc(C2CCC(c3cnc(Cl)c(Cl)c3)CC2)cc1. The molecule has 1 saturated carbocycles. The van der Waals surface area contributed by atoms with E-state index in [0.29, 0.717) is 22.0 Å². The van der Waals surface area contributed by atoms with Gasteiger partial charge in [-0.1, -0.05) is 67.2 Å². The number of hydrogen-bond donors (Lipinski definition) is 0. The summed E-state index contributed by atoms with van der Waals surface area (Å²) in [7, 11) is 0. The van der Waals surface area contributed by atoms with Crippen molar-refractivity contribution >= 4 is 23.2 Å². The van der Waals surface area contributed by atoms with E-state index in [4.69, 9.17) is 23.2 Å². The van der Waals surface area contributed by atoms with E-state index in [1.165, 1.54) is 68.1 Å². The molecular weight excluding hydrogens is 349 g/mol. The summed E-state index contributed by atoms with van der Waals surface area (Å²) in [6.07, 6.45) is 11.9. The van der Waals surface area contributed by atoms with Gasteiger partial charge in [-0.15, -0.1) is 0 Å². The summed E-state index contributed by atoms with van der Waals surface area (Å²) in [5, 5.41) is 0.970. The molecule has 1 aromatic carbocycles. The molecule has 1 aliphatic carbocycles. The first-order valence-electron chi connectivity index (χ1n) is 9.57. The summed E-state index contributed by atoms with van der Waals surface area (Å²) in [4.78, 5) is 4.20. The van der Waals surface area contributed by atoms with Gasteiger partial charge in [-0.2, -0.15) is 0 Å². The van der Waals surface area contributed by atoms with Gasteiger partial charge in [0, 0.05) is 6.20 Å². The Kier molecular flexibility index (Phi) is 6.78. The number of halogens is 2. The smallest absolute Gasteiger partial charge is 0.147 e. The predicted molar refractivity (Wildman–Crippen MR) is 108 cm³/mol. The molecule has 0 amide bonds. The standard InChI is InChI=1S/C22H27Cl2N/c1-2-3-4-5-16-6-8-17(9-7-16)18-10-12-19(13-11-18)20-14-21(23)22(24)25-15-20/h6-9,14-15,18-19H,2-5,10-13H2,1H3. The van der Waals surface area contributed by atoms with Crippen molar-refractivity contribution in [3.8, 4) is 0 Å². The Balaban J connectivity index is 1.55. The highest BCUT2D eigenvalue weighted by Crippen LogP contribution is 2.41. The average Bonchev–Trinajstić information content (AvgIpc) is 2.65. The van der Waals surface area contributed by atoms with E-state index in [9.17, 15) is 0 Å². The second-order valence-corrected chi connectivity index (χ2v) is 8.05. The minimum Gasteiger partial charge on any atom is -0.243 e. The van der Waals surface area contributed by atoms with Crippen LogP contribution in [0.4, 0.5) is 0 Å². The second-order valence-electron chi connectivity index (χ2n) is 7.29. The van der Waals surface area contributed by atoms with Crippen molar-refractivity contribution in [2.45, 2.75) is 70.1 Å². The van der Waals surface area contributed by atoms with E-state index in [-0.39, 0.29) is 0 Å². The van der Waals surface area contributed by atoms with Crippen LogP contribution in [-0.2, 0) is 6.42 Å². The summed E-state index contributed by atoms with van der Waals surface area (Å²) in [6.45, 7) is 2.26. The zero-order valence-electron chi connectivity index (χ0n) is 15.0. The topological polar surface area (TPSA) is 12.9 Å². The highest BCUT2D eigenvalue weighted by atomic mass is 35.5. The molecule has 134 valence electrons. The first-order valence-corrected chi connectivity index (χ1v) is 10.3. The Hall–Kier alpha value is -1.05. The molecule has 0 saturated heterocycles. The molecule has 0 unspecified atom stereocenters. The van der Waals surface area contributed by atoms with E-state index >= 15 is 0 Å². The van der Waals surface area contributed by atoms with Gasteiger partial charge in [0.1, 0.15) is 5.15 Å². The van der Waals surface area contributed by atoms with Crippen LogP contribution in [-0.4, -0.2) is 4.98 Å². The molecule has 1 aromatic heterocycles. The first kappa shape index (κ1) is 18.7. The molecule has 0 aliphatic heterocycles. The zero-order chi connectivity index (χ0) is 17.6. The van der Waals surface area contributed by atoms with Crippen LogP contribution in [0.1, 0.15) is 80.4 Å². The Labute approximate surface area is 161 Å². The normalized spacial score (nSPS) is 20.6. The van der Waals surface area contributed by atoms with Crippen LogP contribution in [0.25, 0.3) is 0 Å². The molecule has 0 N–H and O–H groups in total. The van der Waals surface area contributed by atoms with Crippen molar-refractivity contribution in [1.29, 1.82) is 0 Å². The fraction of sp³-hybridized carbons (Fsp3) is 0.500. The molecule has 1 heterocycles. The summed E-state index contributed by atoms with van der Waals surface area (Å²) in [5.74, 6) is 1.25. The number of pyridine rings is 1. The average molecular weight is 376 g/mol. The van der Waals surface area contributed by atoms with Crippen LogP contribution < -0.4 is 0 Å². The van der Waals surface area contributed by atoms with Crippen LogP contribution in [0.3, 0.4) is 0 Å². The number of unbranched alkanes of at least 4 members (excludes halogenated alkanes) is 2. The Bertz CT molecular complexity index is 673. The van der Waals surface area contributed by atoms with E-state index < -0.39 is 0 Å². The van der Waals surface area contributed by atoms with Gasteiger partial charge in [0.15, 0.2) is 0 Å². The van der Waals surface area contributed by atoms with Crippen LogP contribution in [0.2, 0.25) is 10.2 Å². The zero-order valence-corrected chi connectivity index (χ0v) is 16.5. The van der Waals surface area contributed by atoms with Gasteiger partial charge in [-0.3, -0.25) is 0 Å². The van der Waals surface area contributed by atoms with Gasteiger partial charge >= 0.3 is 0 Å². The van der Waals surface area contributed by atoms with E-state index in [1.54, 1.807) is 0 Å². The second kappa shape index (κ2) is 9.05. The molecule has 3 rings (SSSR count). The highest BCUT2D eigenvalue weighted by molar-refractivity contribution is 6.41. The third kappa shape index (κ3) is 4.99. The van der Waals surface area contributed by atoms with Gasteiger partial charge in [-0.05, 0) is 73.1 Å². The number of aryl methyl sites for hydroxylation is 1. The fourth-order valence-electron chi connectivity index (χ4n) is 3.95. The lowest BCUT2D eigenvalue weighted by molar-refractivity contribution is 0.396. The molecular formula is C22H27Cl2N. The molecule has 1 nitrogen and oxygen atoms in total. The lowest BCUT2D eigenvalue weighted by atomic mass is 9.76. The number of benzene rings is 1. The molecule has 0 spiro atoms. The molecule has 1 fully saturated rings. The van der Waals surface area contributed by atoms with Crippen molar-refractivity contribution in [2.75, 3.05) is 0 Å². The third-order valence-electron chi connectivity index (χ3n) is 5.54. The van der Waals surface area contributed by atoms with Crippen LogP contribution >= 0.6 is 23.2 Å². The van der Waals surface area contributed by atoms with E-state index in [1.807, 2.05) is 12.3 Å². The minimum absolute atomic E-state index is 0.401. The maximum Gasteiger partial charge on any atom is 0.147 e. The molecule has 0 atom stereocenters. The van der Waals surface area contributed by atoms with Crippen molar-refractivity contribution < 1.29 is 0 Å².